The van der Waals surface area contributed by atoms with E-state index in [1.807, 2.05) is 6.92 Å². The zero-order valence-corrected chi connectivity index (χ0v) is 13.6. The second-order valence-electron chi connectivity index (χ2n) is 6.24. The molecule has 2 fully saturated rings. The topological polar surface area (TPSA) is 77.9 Å². The van der Waals surface area contributed by atoms with Gasteiger partial charge in [0.25, 0.3) is 10.2 Å². The Bertz CT molecular complexity index is 471. The van der Waals surface area contributed by atoms with E-state index in [1.165, 1.54) is 4.31 Å². The smallest absolute Gasteiger partial charge is 0.311 e. The molecule has 0 saturated carbocycles. The van der Waals surface area contributed by atoms with E-state index in [-0.39, 0.29) is 6.54 Å². The van der Waals surface area contributed by atoms with Gasteiger partial charge in [-0.2, -0.15) is 17.0 Å². The van der Waals surface area contributed by atoms with Crippen molar-refractivity contribution >= 4 is 16.2 Å². The van der Waals surface area contributed by atoms with E-state index in [1.54, 1.807) is 4.31 Å². The molecule has 2 heterocycles. The van der Waals surface area contributed by atoms with Crippen LogP contribution in [0.3, 0.4) is 0 Å². The third kappa shape index (κ3) is 3.40. The maximum atomic E-state index is 12.7. The molecule has 1 atom stereocenters. The lowest BCUT2D eigenvalue weighted by Crippen LogP contribution is -2.45. The van der Waals surface area contributed by atoms with Crippen molar-refractivity contribution in [2.24, 2.45) is 5.41 Å². The Morgan fingerprint density at radius 1 is 1.10 bits per heavy atom. The molecule has 0 aromatic heterocycles. The number of hydrogen-bond donors (Lipinski definition) is 1. The molecule has 0 spiro atoms. The van der Waals surface area contributed by atoms with Crippen LogP contribution in [0.1, 0.15) is 51.9 Å². The van der Waals surface area contributed by atoms with E-state index < -0.39 is 21.6 Å². The second kappa shape index (κ2) is 6.62. The first kappa shape index (κ1) is 16.7. The summed E-state index contributed by atoms with van der Waals surface area (Å²) in [5.74, 6) is -0.863. The maximum Gasteiger partial charge on any atom is 0.311 e. The van der Waals surface area contributed by atoms with Crippen LogP contribution in [0.15, 0.2) is 0 Å². The van der Waals surface area contributed by atoms with E-state index in [0.29, 0.717) is 32.5 Å². The average Bonchev–Trinajstić information content (AvgIpc) is 2.70. The molecule has 2 aliphatic heterocycles. The first-order chi connectivity index (χ1) is 9.92. The predicted molar refractivity (Wildman–Crippen MR) is 80.1 cm³/mol. The molecule has 2 aliphatic rings. The maximum absolute atomic E-state index is 12.7. The van der Waals surface area contributed by atoms with Crippen LogP contribution in [-0.2, 0) is 15.0 Å². The predicted octanol–water partition coefficient (Wildman–Crippen LogP) is 1.68. The lowest BCUT2D eigenvalue weighted by atomic mass is 9.83. The van der Waals surface area contributed by atoms with Crippen LogP contribution >= 0.6 is 0 Å². The highest BCUT2D eigenvalue weighted by molar-refractivity contribution is 7.86. The van der Waals surface area contributed by atoms with E-state index in [4.69, 9.17) is 0 Å². The standard InChI is InChI=1S/C14H26N2O4S/c1-2-7-14(13(17)18)8-11-16(12-14)21(19,20)15-9-5-3-4-6-10-15/h2-12H2,1H3,(H,17,18). The van der Waals surface area contributed by atoms with Crippen LogP contribution in [0.2, 0.25) is 0 Å². The normalized spacial score (nSPS) is 29.4. The second-order valence-corrected chi connectivity index (χ2v) is 8.17. The van der Waals surface area contributed by atoms with Crippen molar-refractivity contribution in [3.63, 3.8) is 0 Å². The van der Waals surface area contributed by atoms with Crippen LogP contribution in [0, 0.1) is 5.41 Å². The van der Waals surface area contributed by atoms with Crippen molar-refractivity contribution in [3.05, 3.63) is 0 Å². The van der Waals surface area contributed by atoms with E-state index in [0.717, 1.165) is 32.1 Å². The fraction of sp³-hybridized carbons (Fsp3) is 0.929. The molecule has 21 heavy (non-hydrogen) atoms. The molecule has 2 rings (SSSR count). The minimum Gasteiger partial charge on any atom is -0.481 e. The zero-order valence-electron chi connectivity index (χ0n) is 12.8. The lowest BCUT2D eigenvalue weighted by molar-refractivity contribution is -0.148. The Balaban J connectivity index is 2.13. The van der Waals surface area contributed by atoms with E-state index in [2.05, 4.69) is 0 Å². The molecule has 122 valence electrons. The van der Waals surface area contributed by atoms with Crippen molar-refractivity contribution in [3.8, 4) is 0 Å². The Labute approximate surface area is 127 Å². The van der Waals surface area contributed by atoms with Gasteiger partial charge in [-0.1, -0.05) is 26.2 Å². The minimum atomic E-state index is -3.50. The van der Waals surface area contributed by atoms with Crippen molar-refractivity contribution < 1.29 is 18.3 Å². The molecule has 6 nitrogen and oxygen atoms in total. The van der Waals surface area contributed by atoms with Crippen LogP contribution in [0.4, 0.5) is 0 Å². The number of hydrogen-bond acceptors (Lipinski definition) is 3. The molecule has 1 N–H and O–H groups in total. The summed E-state index contributed by atoms with van der Waals surface area (Å²) < 4.78 is 28.4. The quantitative estimate of drug-likeness (QED) is 0.836. The van der Waals surface area contributed by atoms with E-state index in [9.17, 15) is 18.3 Å². The van der Waals surface area contributed by atoms with Gasteiger partial charge in [-0.25, -0.2) is 0 Å². The zero-order chi connectivity index (χ0) is 15.5. The summed E-state index contributed by atoms with van der Waals surface area (Å²) >= 11 is 0. The van der Waals surface area contributed by atoms with Gasteiger partial charge in [0.1, 0.15) is 0 Å². The number of nitrogens with zero attached hydrogens (tertiary/aromatic N) is 2. The average molecular weight is 318 g/mol. The summed E-state index contributed by atoms with van der Waals surface area (Å²) in [4.78, 5) is 11.6. The molecule has 2 saturated heterocycles. The highest BCUT2D eigenvalue weighted by atomic mass is 32.2. The Kier molecular flexibility index (Phi) is 5.27. The monoisotopic (exact) mass is 318 g/mol. The summed E-state index contributed by atoms with van der Waals surface area (Å²) in [6.45, 7) is 3.51. The number of carboxylic acid groups (broad SMARTS) is 1. The van der Waals surface area contributed by atoms with Crippen LogP contribution in [0.5, 0.6) is 0 Å². The first-order valence-corrected chi connectivity index (χ1v) is 9.31. The molecule has 0 aromatic carbocycles. The molecule has 0 bridgehead atoms. The van der Waals surface area contributed by atoms with Gasteiger partial charge < -0.3 is 5.11 Å². The molecule has 7 heteroatoms. The van der Waals surface area contributed by atoms with Crippen LogP contribution in [0.25, 0.3) is 0 Å². The van der Waals surface area contributed by atoms with Crippen molar-refractivity contribution in [2.75, 3.05) is 26.2 Å². The number of carbonyl (C=O) groups is 1. The highest BCUT2D eigenvalue weighted by Crippen LogP contribution is 2.37. The Hall–Kier alpha value is -0.660. The minimum absolute atomic E-state index is 0.120. The number of carboxylic acids is 1. The van der Waals surface area contributed by atoms with Gasteiger partial charge in [0, 0.05) is 26.2 Å². The van der Waals surface area contributed by atoms with Gasteiger partial charge in [0.15, 0.2) is 0 Å². The molecule has 0 amide bonds. The summed E-state index contributed by atoms with van der Waals surface area (Å²) in [6, 6.07) is 0. The van der Waals surface area contributed by atoms with E-state index >= 15 is 0 Å². The number of rotatable bonds is 5. The van der Waals surface area contributed by atoms with Gasteiger partial charge in [-0.05, 0) is 25.7 Å². The van der Waals surface area contributed by atoms with Crippen molar-refractivity contribution in [1.82, 2.24) is 8.61 Å². The Morgan fingerprint density at radius 2 is 1.71 bits per heavy atom. The summed E-state index contributed by atoms with van der Waals surface area (Å²) in [6.07, 6.45) is 5.64. The lowest BCUT2D eigenvalue weighted by Gasteiger charge is -2.28. The first-order valence-electron chi connectivity index (χ1n) is 7.91. The summed E-state index contributed by atoms with van der Waals surface area (Å²) in [7, 11) is -3.50. The van der Waals surface area contributed by atoms with Crippen molar-refractivity contribution in [1.29, 1.82) is 0 Å². The summed E-state index contributed by atoms with van der Waals surface area (Å²) in [5, 5.41) is 9.50. The highest BCUT2D eigenvalue weighted by Gasteiger charge is 2.48. The third-order valence-electron chi connectivity index (χ3n) is 4.72. The van der Waals surface area contributed by atoms with Gasteiger partial charge in [-0.15, -0.1) is 0 Å². The van der Waals surface area contributed by atoms with Crippen LogP contribution < -0.4 is 0 Å². The Morgan fingerprint density at radius 3 is 2.24 bits per heavy atom. The molecular weight excluding hydrogens is 292 g/mol. The largest absolute Gasteiger partial charge is 0.481 e. The van der Waals surface area contributed by atoms with Crippen LogP contribution in [-0.4, -0.2) is 54.3 Å². The molecule has 0 aliphatic carbocycles. The van der Waals surface area contributed by atoms with Gasteiger partial charge >= 0.3 is 5.97 Å². The van der Waals surface area contributed by atoms with Gasteiger partial charge in [0.2, 0.25) is 0 Å². The van der Waals surface area contributed by atoms with Crippen molar-refractivity contribution in [2.45, 2.75) is 51.9 Å². The fourth-order valence-electron chi connectivity index (χ4n) is 3.43. The SMILES string of the molecule is CCCC1(C(=O)O)CCN(S(=O)(=O)N2CCCCCC2)C1. The molecule has 0 radical (unpaired) electrons. The van der Waals surface area contributed by atoms with Gasteiger partial charge in [0.05, 0.1) is 5.41 Å². The number of aliphatic carboxylic acids is 1. The summed E-state index contributed by atoms with van der Waals surface area (Å²) in [5.41, 5.74) is -0.895. The molecule has 1 unspecified atom stereocenters. The third-order valence-corrected chi connectivity index (χ3v) is 6.70. The van der Waals surface area contributed by atoms with Gasteiger partial charge in [-0.3, -0.25) is 4.79 Å². The molecule has 0 aromatic rings. The fourth-order valence-corrected chi connectivity index (χ4v) is 5.21. The molecular formula is C14H26N2O4S.